The van der Waals surface area contributed by atoms with Gasteiger partial charge in [0, 0.05) is 66.5 Å². The summed E-state index contributed by atoms with van der Waals surface area (Å²) in [4.78, 5) is 25.7. The number of amidine groups is 3. The summed E-state index contributed by atoms with van der Waals surface area (Å²) in [6.07, 6.45) is 11.9. The SMILES string of the molecule is Cc1ccc(Nc2cc(N3CCCCC3)ccc2C2=NC3=NC(c4ccco4)=NC4=NC(c5ccc(N6CCCCC6)cc5Nc5ccc(C)o5)CC(=C2)C34)o1. The highest BCUT2D eigenvalue weighted by Gasteiger charge is 2.40. The fraction of sp³-hybridized carbons (Fsp3) is 0.333. The normalized spacial score (nSPS) is 20.7. The molecule has 0 bridgehead atoms. The van der Waals surface area contributed by atoms with Crippen LogP contribution in [0.15, 0.2) is 124 Å². The number of aryl methyl sites for hydroxylation is 2. The third-order valence-corrected chi connectivity index (χ3v) is 11.5. The molecule has 10 rings (SSSR count). The van der Waals surface area contributed by atoms with Gasteiger partial charge in [0.1, 0.15) is 29.1 Å². The first-order valence-electron chi connectivity index (χ1n) is 20.0. The molecule has 2 unspecified atom stereocenters. The molecule has 284 valence electrons. The second-order valence-corrected chi connectivity index (χ2v) is 15.4. The molecule has 2 fully saturated rings. The largest absolute Gasteiger partial charge is 0.461 e. The summed E-state index contributed by atoms with van der Waals surface area (Å²) in [5, 5.41) is 7.23. The Labute approximate surface area is 326 Å². The van der Waals surface area contributed by atoms with Crippen LogP contribution in [-0.2, 0) is 0 Å². The van der Waals surface area contributed by atoms with Crippen molar-refractivity contribution in [1.29, 1.82) is 0 Å². The van der Waals surface area contributed by atoms with Crippen LogP contribution in [0.4, 0.5) is 34.5 Å². The van der Waals surface area contributed by atoms with Crippen LogP contribution in [0.5, 0.6) is 0 Å². The fourth-order valence-corrected chi connectivity index (χ4v) is 8.63. The summed E-state index contributed by atoms with van der Waals surface area (Å²) < 4.78 is 17.9. The molecule has 11 nitrogen and oxygen atoms in total. The molecule has 0 amide bonds. The number of furan rings is 3. The van der Waals surface area contributed by atoms with Gasteiger partial charge in [-0.25, -0.2) is 15.0 Å². The number of benzene rings is 2. The number of piperidine rings is 2. The van der Waals surface area contributed by atoms with Crippen molar-refractivity contribution in [2.24, 2.45) is 25.9 Å². The van der Waals surface area contributed by atoms with Crippen molar-refractivity contribution in [1.82, 2.24) is 0 Å². The van der Waals surface area contributed by atoms with Gasteiger partial charge >= 0.3 is 0 Å². The third-order valence-electron chi connectivity index (χ3n) is 11.5. The molecule has 5 aliphatic rings. The number of nitrogens with one attached hydrogen (secondary N) is 2. The molecule has 56 heavy (non-hydrogen) atoms. The summed E-state index contributed by atoms with van der Waals surface area (Å²) >= 11 is 0. The monoisotopic (exact) mass is 746 g/mol. The van der Waals surface area contributed by atoms with Crippen LogP contribution in [-0.4, -0.2) is 49.4 Å². The van der Waals surface area contributed by atoms with Crippen LogP contribution < -0.4 is 20.4 Å². The minimum Gasteiger partial charge on any atom is -0.461 e. The standard InChI is InChI=1S/C45H46N8O3/c1-28-11-17-40(55-28)46-37-26-31(52-19-5-3-6-20-52)13-15-33(37)35-24-30-25-36(49-45-42(30)44(48-35)50-43(51-45)39-10-9-23-54-39)34-16-14-32(53-21-7-4-8-22-53)27-38(34)47-41-18-12-29(2)56-41/h9-18,23-24,26-27,36,42,46-47H,3-8,19-22,25H2,1-2H3. The van der Waals surface area contributed by atoms with Crippen LogP contribution in [0, 0.1) is 19.8 Å². The smallest absolute Gasteiger partial charge is 0.199 e. The Morgan fingerprint density at radius 1 is 0.661 bits per heavy atom. The van der Waals surface area contributed by atoms with E-state index < -0.39 is 0 Å². The topological polar surface area (TPSA) is 119 Å². The molecule has 0 saturated carbocycles. The number of aliphatic imine (C=N–C) groups is 4. The average molecular weight is 747 g/mol. The average Bonchev–Trinajstić information content (AvgIpc) is 4.01. The maximum Gasteiger partial charge on any atom is 0.199 e. The number of rotatable bonds is 9. The van der Waals surface area contributed by atoms with Crippen LogP contribution in [0.1, 0.15) is 79.4 Å². The van der Waals surface area contributed by atoms with E-state index in [0.717, 1.165) is 65.9 Å². The molecule has 2 saturated heterocycles. The molecule has 11 heteroatoms. The summed E-state index contributed by atoms with van der Waals surface area (Å²) in [5.41, 5.74) is 8.36. The van der Waals surface area contributed by atoms with E-state index in [1.54, 1.807) is 6.26 Å². The van der Waals surface area contributed by atoms with Gasteiger partial charge in [0.25, 0.3) is 0 Å². The van der Waals surface area contributed by atoms with E-state index in [1.807, 2.05) is 50.2 Å². The molecule has 2 atom stereocenters. The van der Waals surface area contributed by atoms with Gasteiger partial charge in [0.05, 0.1) is 23.7 Å². The molecule has 5 aromatic rings. The molecule has 8 heterocycles. The summed E-state index contributed by atoms with van der Waals surface area (Å²) in [5.74, 6) is 5.26. The van der Waals surface area contributed by atoms with Gasteiger partial charge in [0.2, 0.25) is 0 Å². The molecule has 0 spiro atoms. The molecule has 2 aromatic carbocycles. The first-order chi connectivity index (χ1) is 27.5. The van der Waals surface area contributed by atoms with Crippen molar-refractivity contribution >= 4 is 57.7 Å². The molecule has 3 aromatic heterocycles. The minimum absolute atomic E-state index is 0.216. The molecular formula is C45H46N8O3. The quantitative estimate of drug-likeness (QED) is 0.154. The Hall–Kier alpha value is -6.10. The van der Waals surface area contributed by atoms with Crippen molar-refractivity contribution in [3.05, 3.63) is 119 Å². The molecule has 0 aliphatic carbocycles. The van der Waals surface area contributed by atoms with Crippen molar-refractivity contribution in [2.45, 2.75) is 64.8 Å². The van der Waals surface area contributed by atoms with Gasteiger partial charge in [-0.15, -0.1) is 0 Å². The van der Waals surface area contributed by atoms with E-state index >= 15 is 0 Å². The van der Waals surface area contributed by atoms with E-state index in [4.69, 9.17) is 33.2 Å². The lowest BCUT2D eigenvalue weighted by Gasteiger charge is -2.34. The van der Waals surface area contributed by atoms with E-state index in [1.165, 1.54) is 55.5 Å². The predicted octanol–water partition coefficient (Wildman–Crippen LogP) is 10.3. The Morgan fingerprint density at radius 2 is 1.32 bits per heavy atom. The third kappa shape index (κ3) is 6.75. The van der Waals surface area contributed by atoms with Gasteiger partial charge in [-0.2, -0.15) is 0 Å². The molecule has 0 radical (unpaired) electrons. The van der Waals surface area contributed by atoms with E-state index in [2.05, 4.69) is 62.9 Å². The van der Waals surface area contributed by atoms with Crippen molar-refractivity contribution in [3.8, 4) is 0 Å². The summed E-state index contributed by atoms with van der Waals surface area (Å²) in [6.45, 7) is 8.14. The van der Waals surface area contributed by atoms with Gasteiger partial charge in [-0.1, -0.05) is 6.07 Å². The second-order valence-electron chi connectivity index (χ2n) is 15.4. The number of allylic oxidation sites excluding steroid dienone is 1. The summed E-state index contributed by atoms with van der Waals surface area (Å²) in [6, 6.07) is 24.8. The highest BCUT2D eigenvalue weighted by molar-refractivity contribution is 6.29. The second kappa shape index (κ2) is 14.5. The van der Waals surface area contributed by atoms with Gasteiger partial charge in [-0.3, -0.25) is 4.99 Å². The maximum atomic E-state index is 6.04. The Balaban J connectivity index is 1.08. The van der Waals surface area contributed by atoms with Crippen LogP contribution in [0.3, 0.4) is 0 Å². The van der Waals surface area contributed by atoms with Crippen LogP contribution in [0.25, 0.3) is 0 Å². The highest BCUT2D eigenvalue weighted by atomic mass is 16.4. The van der Waals surface area contributed by atoms with Gasteiger partial charge < -0.3 is 33.7 Å². The van der Waals surface area contributed by atoms with Crippen LogP contribution in [0.2, 0.25) is 0 Å². The lowest BCUT2D eigenvalue weighted by molar-refractivity contribution is 0.550. The lowest BCUT2D eigenvalue weighted by atomic mass is 9.81. The predicted molar refractivity (Wildman–Crippen MR) is 224 cm³/mol. The van der Waals surface area contributed by atoms with Crippen molar-refractivity contribution in [2.75, 3.05) is 46.6 Å². The number of hydrogen-bond donors (Lipinski definition) is 2. The van der Waals surface area contributed by atoms with E-state index in [9.17, 15) is 0 Å². The number of dihydropyridines is 1. The first kappa shape index (κ1) is 34.4. The Bertz CT molecular complexity index is 2420. The van der Waals surface area contributed by atoms with Crippen molar-refractivity contribution < 1.29 is 13.3 Å². The maximum absolute atomic E-state index is 6.04. The van der Waals surface area contributed by atoms with Gasteiger partial charge in [0.15, 0.2) is 23.4 Å². The van der Waals surface area contributed by atoms with E-state index in [0.29, 0.717) is 41.5 Å². The molecule has 2 N–H and O–H groups in total. The van der Waals surface area contributed by atoms with Gasteiger partial charge in [-0.05, 0) is 125 Å². The van der Waals surface area contributed by atoms with Crippen molar-refractivity contribution in [3.63, 3.8) is 0 Å². The first-order valence-corrected chi connectivity index (χ1v) is 20.0. The van der Waals surface area contributed by atoms with Crippen LogP contribution >= 0.6 is 0 Å². The highest BCUT2D eigenvalue weighted by Crippen LogP contribution is 2.44. The fourth-order valence-electron chi connectivity index (χ4n) is 8.63. The lowest BCUT2D eigenvalue weighted by Crippen LogP contribution is -2.36. The Kier molecular flexibility index (Phi) is 8.92. The van der Waals surface area contributed by atoms with E-state index in [-0.39, 0.29) is 12.0 Å². The number of nitrogens with zero attached hydrogens (tertiary/aromatic N) is 6. The summed E-state index contributed by atoms with van der Waals surface area (Å²) in [7, 11) is 0. The molecular weight excluding hydrogens is 701 g/mol. The molecule has 5 aliphatic heterocycles. The minimum atomic E-state index is -0.248. The number of anilines is 6. The zero-order valence-electron chi connectivity index (χ0n) is 31.9. The zero-order valence-corrected chi connectivity index (χ0v) is 31.9. The zero-order chi connectivity index (χ0) is 37.6. The Morgan fingerprint density at radius 3 is 1.96 bits per heavy atom. The number of hydrogen-bond acceptors (Lipinski definition) is 11.